The van der Waals surface area contributed by atoms with Crippen molar-refractivity contribution in [1.29, 1.82) is 0 Å². The van der Waals surface area contributed by atoms with Crippen LogP contribution in [0.15, 0.2) is 48.7 Å². The van der Waals surface area contributed by atoms with Gasteiger partial charge in [0.15, 0.2) is 5.65 Å². The third-order valence-electron chi connectivity index (χ3n) is 5.33. The van der Waals surface area contributed by atoms with Gasteiger partial charge in [-0.05, 0) is 44.4 Å². The van der Waals surface area contributed by atoms with E-state index in [2.05, 4.69) is 10.1 Å². The molecule has 6 heteroatoms. The molecule has 0 saturated carbocycles. The van der Waals surface area contributed by atoms with Crippen LogP contribution < -0.4 is 0 Å². The first-order valence-electron chi connectivity index (χ1n) is 9.41. The number of nitrogens with zero attached hydrogens (tertiary/aromatic N) is 4. The fraction of sp³-hybridized carbons (Fsp3) is 0.286. The molecule has 0 bridgehead atoms. The van der Waals surface area contributed by atoms with Gasteiger partial charge in [-0.2, -0.15) is 5.10 Å². The minimum Gasteiger partial charge on any atom is -0.351 e. The summed E-state index contributed by atoms with van der Waals surface area (Å²) in [4.78, 5) is 23.3. The van der Waals surface area contributed by atoms with Crippen LogP contribution in [0.4, 0.5) is 0 Å². The first-order chi connectivity index (χ1) is 13.2. The molecule has 1 saturated heterocycles. The predicted octanol–water partition coefficient (Wildman–Crippen LogP) is 3.89. The van der Waals surface area contributed by atoms with Crippen LogP contribution in [0.5, 0.6) is 0 Å². The van der Waals surface area contributed by atoms with Gasteiger partial charge in [0.25, 0.3) is 5.91 Å². The maximum Gasteiger partial charge on any atom is 0.270 e. The Bertz CT molecular complexity index is 1110. The van der Waals surface area contributed by atoms with E-state index < -0.39 is 0 Å². The van der Waals surface area contributed by atoms with E-state index in [1.165, 1.54) is 0 Å². The van der Waals surface area contributed by atoms with Gasteiger partial charge >= 0.3 is 0 Å². The molecule has 1 N–H and O–H groups in total. The van der Waals surface area contributed by atoms with Gasteiger partial charge in [-0.1, -0.05) is 18.2 Å². The molecule has 3 aromatic heterocycles. The average molecular weight is 359 g/mol. The lowest BCUT2D eigenvalue weighted by molar-refractivity contribution is 0.0601. The van der Waals surface area contributed by atoms with E-state index in [9.17, 15) is 4.79 Å². The number of H-pyrrole nitrogens is 1. The number of likely N-dealkylation sites (tertiary alicyclic amines) is 1. The highest BCUT2D eigenvalue weighted by Gasteiger charge is 2.30. The Morgan fingerprint density at radius 3 is 2.96 bits per heavy atom. The molecule has 1 aromatic carbocycles. The molecular weight excluding hydrogens is 338 g/mol. The molecule has 1 atom stereocenters. The standard InChI is InChI=1S/C21H21N5O/c1-14-12-20-23-17(9-11-26(20)24-14)19-8-4-5-10-25(19)21(27)18-13-15-6-2-3-7-16(15)22-18/h2-3,6-7,9,11-13,19,22H,4-5,8,10H2,1H3. The van der Waals surface area contributed by atoms with Crippen molar-refractivity contribution in [3.8, 4) is 0 Å². The highest BCUT2D eigenvalue weighted by Crippen LogP contribution is 2.31. The van der Waals surface area contributed by atoms with Crippen LogP contribution in [0.25, 0.3) is 16.6 Å². The van der Waals surface area contributed by atoms with Crippen molar-refractivity contribution in [1.82, 2.24) is 24.5 Å². The zero-order chi connectivity index (χ0) is 18.4. The zero-order valence-corrected chi connectivity index (χ0v) is 15.2. The van der Waals surface area contributed by atoms with Gasteiger partial charge < -0.3 is 9.88 Å². The van der Waals surface area contributed by atoms with Crippen molar-refractivity contribution < 1.29 is 4.79 Å². The summed E-state index contributed by atoms with van der Waals surface area (Å²) in [5.41, 5.74) is 4.34. The minimum atomic E-state index is -0.00197. The topological polar surface area (TPSA) is 66.3 Å². The molecular formula is C21H21N5O. The van der Waals surface area contributed by atoms with Crippen molar-refractivity contribution in [2.75, 3.05) is 6.54 Å². The van der Waals surface area contributed by atoms with Crippen LogP contribution in [0.2, 0.25) is 0 Å². The molecule has 6 nitrogen and oxygen atoms in total. The minimum absolute atomic E-state index is 0.00197. The maximum atomic E-state index is 13.3. The summed E-state index contributed by atoms with van der Waals surface area (Å²) < 4.78 is 1.78. The normalized spacial score (nSPS) is 17.7. The largest absolute Gasteiger partial charge is 0.351 e. The smallest absolute Gasteiger partial charge is 0.270 e. The molecule has 0 radical (unpaired) electrons. The second-order valence-electron chi connectivity index (χ2n) is 7.22. The molecule has 1 unspecified atom stereocenters. The number of hydrogen-bond donors (Lipinski definition) is 1. The van der Waals surface area contributed by atoms with Crippen molar-refractivity contribution in [2.45, 2.75) is 32.2 Å². The lowest BCUT2D eigenvalue weighted by Crippen LogP contribution is -2.39. The average Bonchev–Trinajstić information content (AvgIpc) is 3.29. The Balaban J connectivity index is 1.51. The number of nitrogens with one attached hydrogen (secondary N) is 1. The number of rotatable bonds is 2. The van der Waals surface area contributed by atoms with Crippen molar-refractivity contribution >= 4 is 22.5 Å². The summed E-state index contributed by atoms with van der Waals surface area (Å²) in [6.45, 7) is 2.71. The van der Waals surface area contributed by atoms with E-state index in [0.29, 0.717) is 5.69 Å². The number of fused-ring (bicyclic) bond motifs is 2. The summed E-state index contributed by atoms with van der Waals surface area (Å²) in [7, 11) is 0. The number of aryl methyl sites for hydroxylation is 1. The van der Waals surface area contributed by atoms with E-state index >= 15 is 0 Å². The second-order valence-corrected chi connectivity index (χ2v) is 7.22. The molecule has 1 aliphatic rings. The number of benzene rings is 1. The van der Waals surface area contributed by atoms with Gasteiger partial charge in [0.05, 0.1) is 17.4 Å². The highest BCUT2D eigenvalue weighted by molar-refractivity contribution is 5.98. The number of carbonyl (C=O) groups is 1. The van der Waals surface area contributed by atoms with Gasteiger partial charge in [0, 0.05) is 29.7 Å². The lowest BCUT2D eigenvalue weighted by Gasteiger charge is -2.35. The number of piperidine rings is 1. The number of aromatic amines is 1. The van der Waals surface area contributed by atoms with E-state index in [1.54, 1.807) is 4.52 Å². The number of hydrogen-bond acceptors (Lipinski definition) is 3. The number of amides is 1. The fourth-order valence-corrected chi connectivity index (χ4v) is 4.02. The first-order valence-corrected chi connectivity index (χ1v) is 9.41. The van der Waals surface area contributed by atoms with E-state index in [0.717, 1.165) is 53.7 Å². The quantitative estimate of drug-likeness (QED) is 0.590. The SMILES string of the molecule is Cc1cc2nc(C3CCCCN3C(=O)c3cc4ccccc4[nH]3)ccn2n1. The Kier molecular flexibility index (Phi) is 3.70. The van der Waals surface area contributed by atoms with Gasteiger partial charge in [-0.15, -0.1) is 0 Å². The molecule has 1 amide bonds. The second kappa shape index (κ2) is 6.23. The van der Waals surface area contributed by atoms with E-state index in [4.69, 9.17) is 4.98 Å². The van der Waals surface area contributed by atoms with Gasteiger partial charge in [-0.25, -0.2) is 9.50 Å². The molecule has 5 rings (SSSR count). The van der Waals surface area contributed by atoms with Crippen molar-refractivity contribution in [3.63, 3.8) is 0 Å². The van der Waals surface area contributed by atoms with E-state index in [1.807, 2.05) is 60.5 Å². The Morgan fingerprint density at radius 1 is 1.19 bits per heavy atom. The lowest BCUT2D eigenvalue weighted by atomic mass is 9.98. The number of aromatic nitrogens is 4. The molecule has 0 aliphatic carbocycles. The zero-order valence-electron chi connectivity index (χ0n) is 15.2. The Morgan fingerprint density at radius 2 is 2.07 bits per heavy atom. The van der Waals surface area contributed by atoms with Crippen LogP contribution >= 0.6 is 0 Å². The summed E-state index contributed by atoms with van der Waals surface area (Å²) in [6, 6.07) is 13.9. The Labute approximate surface area is 156 Å². The van der Waals surface area contributed by atoms with Crippen LogP contribution in [0.3, 0.4) is 0 Å². The van der Waals surface area contributed by atoms with Crippen molar-refractivity contribution in [2.24, 2.45) is 0 Å². The van der Waals surface area contributed by atoms with Gasteiger partial charge in [0.2, 0.25) is 0 Å². The molecule has 4 heterocycles. The van der Waals surface area contributed by atoms with Gasteiger partial charge in [-0.3, -0.25) is 4.79 Å². The maximum absolute atomic E-state index is 13.3. The van der Waals surface area contributed by atoms with E-state index in [-0.39, 0.29) is 11.9 Å². The highest BCUT2D eigenvalue weighted by atomic mass is 16.2. The van der Waals surface area contributed by atoms with Crippen molar-refractivity contribution in [3.05, 3.63) is 65.7 Å². The predicted molar refractivity (Wildman–Crippen MR) is 104 cm³/mol. The number of para-hydroxylation sites is 1. The van der Waals surface area contributed by atoms with Crippen LogP contribution in [0, 0.1) is 6.92 Å². The molecule has 1 aliphatic heterocycles. The first kappa shape index (κ1) is 16.1. The molecule has 27 heavy (non-hydrogen) atoms. The molecule has 4 aromatic rings. The Hall–Kier alpha value is -3.15. The molecule has 1 fully saturated rings. The third-order valence-corrected chi connectivity index (χ3v) is 5.33. The van der Waals surface area contributed by atoms with Gasteiger partial charge in [0.1, 0.15) is 5.69 Å². The van der Waals surface area contributed by atoms with Crippen LogP contribution in [-0.2, 0) is 0 Å². The summed E-state index contributed by atoms with van der Waals surface area (Å²) >= 11 is 0. The molecule has 0 spiro atoms. The summed E-state index contributed by atoms with van der Waals surface area (Å²) in [5, 5.41) is 5.45. The fourth-order valence-electron chi connectivity index (χ4n) is 4.02. The summed E-state index contributed by atoms with van der Waals surface area (Å²) in [6.07, 6.45) is 5.00. The van der Waals surface area contributed by atoms with Crippen LogP contribution in [-0.4, -0.2) is 36.9 Å². The molecule has 136 valence electrons. The summed E-state index contributed by atoms with van der Waals surface area (Å²) in [5.74, 6) is 0.0438. The van der Waals surface area contributed by atoms with Crippen LogP contribution in [0.1, 0.15) is 47.2 Å². The monoisotopic (exact) mass is 359 g/mol. The number of carbonyl (C=O) groups excluding carboxylic acids is 1. The third kappa shape index (κ3) is 2.77.